The number of sulfonamides is 1. The molecule has 1 aliphatic rings. The molecule has 0 aromatic carbocycles. The molecule has 108 valence electrons. The van der Waals surface area contributed by atoms with Crippen LogP contribution in [-0.2, 0) is 10.0 Å². The van der Waals surface area contributed by atoms with Gasteiger partial charge in [-0.15, -0.1) is 0 Å². The molecule has 0 amide bonds. The van der Waals surface area contributed by atoms with E-state index in [1.54, 1.807) is 6.92 Å². The minimum Gasteiger partial charge on any atom is -0.315 e. The lowest BCUT2D eigenvalue weighted by Crippen LogP contribution is -2.43. The second-order valence-electron chi connectivity index (χ2n) is 6.28. The van der Waals surface area contributed by atoms with E-state index in [0.29, 0.717) is 6.54 Å². The Labute approximate surface area is 112 Å². The van der Waals surface area contributed by atoms with Crippen molar-refractivity contribution in [1.82, 2.24) is 10.0 Å². The van der Waals surface area contributed by atoms with Crippen molar-refractivity contribution in [2.24, 2.45) is 5.41 Å². The van der Waals surface area contributed by atoms with Gasteiger partial charge in [0.15, 0.2) is 0 Å². The minimum absolute atomic E-state index is 0.124. The molecule has 2 unspecified atom stereocenters. The maximum atomic E-state index is 12.1. The lowest BCUT2D eigenvalue weighted by atomic mass is 9.92. The lowest BCUT2D eigenvalue weighted by Gasteiger charge is -2.20. The van der Waals surface area contributed by atoms with E-state index in [2.05, 4.69) is 30.8 Å². The Hall–Kier alpha value is -0.130. The molecule has 0 heterocycles. The van der Waals surface area contributed by atoms with Crippen molar-refractivity contribution in [3.8, 4) is 0 Å². The summed E-state index contributed by atoms with van der Waals surface area (Å²) >= 11 is 0. The smallest absolute Gasteiger partial charge is 0.215 e. The predicted octanol–water partition coefficient (Wildman–Crippen LogP) is 1.87. The normalized spacial score (nSPS) is 25.2. The largest absolute Gasteiger partial charge is 0.315 e. The zero-order valence-corrected chi connectivity index (χ0v) is 12.9. The van der Waals surface area contributed by atoms with Gasteiger partial charge in [-0.3, -0.25) is 0 Å². The van der Waals surface area contributed by atoms with E-state index in [1.807, 2.05) is 0 Å². The highest BCUT2D eigenvalue weighted by Crippen LogP contribution is 2.37. The number of hydrogen-bond acceptors (Lipinski definition) is 3. The van der Waals surface area contributed by atoms with Gasteiger partial charge in [0.05, 0.1) is 5.25 Å². The van der Waals surface area contributed by atoms with E-state index < -0.39 is 10.0 Å². The molecule has 2 atom stereocenters. The van der Waals surface area contributed by atoms with Gasteiger partial charge in [-0.05, 0) is 44.6 Å². The third kappa shape index (κ3) is 4.86. The first-order valence-corrected chi connectivity index (χ1v) is 8.53. The van der Waals surface area contributed by atoms with Gasteiger partial charge in [0, 0.05) is 12.6 Å². The molecule has 0 aliphatic heterocycles. The summed E-state index contributed by atoms with van der Waals surface area (Å²) < 4.78 is 27.2. The van der Waals surface area contributed by atoms with Crippen molar-refractivity contribution in [2.45, 2.75) is 64.7 Å². The summed E-state index contributed by atoms with van der Waals surface area (Å²) in [4.78, 5) is 0. The topological polar surface area (TPSA) is 58.2 Å². The summed E-state index contributed by atoms with van der Waals surface area (Å²) in [6.07, 6.45) is 4.03. The van der Waals surface area contributed by atoms with Crippen molar-refractivity contribution >= 4 is 10.0 Å². The molecule has 0 aromatic rings. The monoisotopic (exact) mass is 276 g/mol. The predicted molar refractivity (Wildman–Crippen MR) is 76.1 cm³/mol. The molecule has 0 spiro atoms. The summed E-state index contributed by atoms with van der Waals surface area (Å²) in [5.41, 5.74) is 0.275. The summed E-state index contributed by atoms with van der Waals surface area (Å²) in [5.74, 6) is 0. The van der Waals surface area contributed by atoms with Crippen LogP contribution in [0.1, 0.15) is 53.4 Å². The van der Waals surface area contributed by atoms with Gasteiger partial charge in [0.25, 0.3) is 0 Å². The molecule has 5 heteroatoms. The van der Waals surface area contributed by atoms with Crippen molar-refractivity contribution in [3.63, 3.8) is 0 Å². The molecule has 1 rings (SSSR count). The Bertz CT molecular complexity index is 352. The molecule has 0 bridgehead atoms. The van der Waals surface area contributed by atoms with Gasteiger partial charge in [-0.25, -0.2) is 13.1 Å². The molecule has 4 nitrogen and oxygen atoms in total. The molecular formula is C13H28N2O2S. The van der Waals surface area contributed by atoms with Crippen LogP contribution in [0.25, 0.3) is 0 Å². The molecule has 0 radical (unpaired) electrons. The minimum atomic E-state index is -3.19. The van der Waals surface area contributed by atoms with Crippen LogP contribution in [0.15, 0.2) is 0 Å². The molecule has 1 aliphatic carbocycles. The highest BCUT2D eigenvalue weighted by molar-refractivity contribution is 7.90. The fraction of sp³-hybridized carbons (Fsp3) is 1.00. The van der Waals surface area contributed by atoms with Gasteiger partial charge < -0.3 is 5.32 Å². The van der Waals surface area contributed by atoms with Crippen molar-refractivity contribution in [2.75, 3.05) is 13.1 Å². The maximum absolute atomic E-state index is 12.1. The zero-order valence-electron chi connectivity index (χ0n) is 12.1. The SMILES string of the molecule is CCCNCC(C)S(=O)(=O)NC1CCC(C)(C)C1. The fourth-order valence-corrected chi connectivity index (χ4v) is 3.71. The first-order valence-electron chi connectivity index (χ1n) is 6.99. The van der Waals surface area contributed by atoms with E-state index in [-0.39, 0.29) is 16.7 Å². The Kier molecular flexibility index (Phi) is 5.62. The van der Waals surface area contributed by atoms with E-state index in [1.165, 1.54) is 0 Å². The Morgan fingerprint density at radius 3 is 2.56 bits per heavy atom. The van der Waals surface area contributed by atoms with E-state index in [9.17, 15) is 8.42 Å². The zero-order chi connectivity index (χ0) is 13.8. The van der Waals surface area contributed by atoms with E-state index >= 15 is 0 Å². The molecule has 0 saturated heterocycles. The van der Waals surface area contributed by atoms with Crippen LogP contribution in [0, 0.1) is 5.41 Å². The first kappa shape index (κ1) is 15.9. The van der Waals surface area contributed by atoms with Crippen LogP contribution in [0.2, 0.25) is 0 Å². The van der Waals surface area contributed by atoms with Gasteiger partial charge in [0.2, 0.25) is 10.0 Å². The Balaban J connectivity index is 2.44. The van der Waals surface area contributed by atoms with Crippen LogP contribution in [0.3, 0.4) is 0 Å². The standard InChI is InChI=1S/C13H28N2O2S/c1-5-8-14-10-11(2)18(16,17)15-12-6-7-13(3,4)9-12/h11-12,14-15H,5-10H2,1-4H3. The number of hydrogen-bond donors (Lipinski definition) is 2. The third-order valence-electron chi connectivity index (χ3n) is 3.69. The molecule has 18 heavy (non-hydrogen) atoms. The Morgan fingerprint density at radius 2 is 2.06 bits per heavy atom. The van der Waals surface area contributed by atoms with Crippen LogP contribution >= 0.6 is 0 Å². The van der Waals surface area contributed by atoms with Crippen molar-refractivity contribution in [1.29, 1.82) is 0 Å². The molecular weight excluding hydrogens is 248 g/mol. The fourth-order valence-electron chi connectivity index (χ4n) is 2.48. The van der Waals surface area contributed by atoms with Gasteiger partial charge in [-0.2, -0.15) is 0 Å². The van der Waals surface area contributed by atoms with Crippen LogP contribution in [0.4, 0.5) is 0 Å². The van der Waals surface area contributed by atoms with E-state index in [4.69, 9.17) is 0 Å². The van der Waals surface area contributed by atoms with Crippen LogP contribution in [0.5, 0.6) is 0 Å². The van der Waals surface area contributed by atoms with Gasteiger partial charge >= 0.3 is 0 Å². The van der Waals surface area contributed by atoms with Gasteiger partial charge in [0.1, 0.15) is 0 Å². The van der Waals surface area contributed by atoms with Crippen LogP contribution in [-0.4, -0.2) is 32.8 Å². The van der Waals surface area contributed by atoms with Crippen molar-refractivity contribution < 1.29 is 8.42 Å². The van der Waals surface area contributed by atoms with Crippen LogP contribution < -0.4 is 10.0 Å². The van der Waals surface area contributed by atoms with E-state index in [0.717, 1.165) is 32.2 Å². The lowest BCUT2D eigenvalue weighted by molar-refractivity contribution is 0.372. The highest BCUT2D eigenvalue weighted by atomic mass is 32.2. The third-order valence-corrected chi connectivity index (χ3v) is 5.58. The second-order valence-corrected chi connectivity index (χ2v) is 8.41. The highest BCUT2D eigenvalue weighted by Gasteiger charge is 2.34. The summed E-state index contributed by atoms with van der Waals surface area (Å²) in [6, 6.07) is 0.124. The molecule has 1 saturated carbocycles. The summed E-state index contributed by atoms with van der Waals surface area (Å²) in [7, 11) is -3.19. The average molecular weight is 276 g/mol. The molecule has 1 fully saturated rings. The molecule has 0 aromatic heterocycles. The number of nitrogens with one attached hydrogen (secondary N) is 2. The summed E-state index contributed by atoms with van der Waals surface area (Å²) in [5, 5.41) is 2.80. The number of rotatable bonds is 7. The quantitative estimate of drug-likeness (QED) is 0.698. The summed E-state index contributed by atoms with van der Waals surface area (Å²) in [6.45, 7) is 9.65. The Morgan fingerprint density at radius 1 is 1.39 bits per heavy atom. The average Bonchev–Trinajstić information content (AvgIpc) is 2.57. The van der Waals surface area contributed by atoms with Gasteiger partial charge in [-0.1, -0.05) is 20.8 Å². The maximum Gasteiger partial charge on any atom is 0.215 e. The first-order chi connectivity index (χ1) is 8.27. The van der Waals surface area contributed by atoms with Crippen molar-refractivity contribution in [3.05, 3.63) is 0 Å². The molecule has 2 N–H and O–H groups in total. The second kappa shape index (κ2) is 6.35.